The second-order valence-electron chi connectivity index (χ2n) is 16.0. The molecule has 3 rings (SSSR count). The maximum Gasteiger partial charge on any atom is 0.317 e. The molecule has 22 nitrogen and oxygen atoms in total. The van der Waals surface area contributed by atoms with Gasteiger partial charge in [-0.05, 0) is 76.7 Å². The van der Waals surface area contributed by atoms with Crippen molar-refractivity contribution in [3.8, 4) is 5.75 Å². The smallest absolute Gasteiger partial charge is 0.317 e. The topological polar surface area (TPSA) is 314 Å². The number of ketones is 2. The molecular weight excluding hydrogens is 841 g/mol. The Labute approximate surface area is 373 Å². The van der Waals surface area contributed by atoms with Crippen molar-refractivity contribution in [3.05, 3.63) is 29.8 Å². The lowest BCUT2D eigenvalue weighted by molar-refractivity contribution is -0.142. The van der Waals surface area contributed by atoms with Crippen molar-refractivity contribution in [3.63, 3.8) is 0 Å². The van der Waals surface area contributed by atoms with E-state index in [1.807, 2.05) is 33.0 Å². The summed E-state index contributed by atoms with van der Waals surface area (Å²) in [4.78, 5) is 111. The van der Waals surface area contributed by atoms with Gasteiger partial charge in [-0.1, -0.05) is 26.0 Å². The average molecular weight is 909 g/mol. The minimum Gasteiger partial charge on any atom is -0.494 e. The van der Waals surface area contributed by atoms with Gasteiger partial charge >= 0.3 is 17.9 Å². The number of rotatable bonds is 26. The van der Waals surface area contributed by atoms with Gasteiger partial charge in [0.2, 0.25) is 23.6 Å². The molecule has 3 atom stereocenters. The predicted octanol–water partition coefficient (Wildman–Crippen LogP) is -1.16. The molecule has 2 heterocycles. The molecule has 0 fully saturated rings. The van der Waals surface area contributed by atoms with Gasteiger partial charge in [0.1, 0.15) is 23.4 Å². The summed E-state index contributed by atoms with van der Waals surface area (Å²) in [6.45, 7) is 7.60. The van der Waals surface area contributed by atoms with Gasteiger partial charge in [-0.2, -0.15) is 0 Å². The average Bonchev–Trinajstić information content (AvgIpc) is 3.20. The van der Waals surface area contributed by atoms with Crippen LogP contribution in [0.4, 0.5) is 0 Å². The number of aliphatic carboxylic acids is 3. The van der Waals surface area contributed by atoms with Crippen LogP contribution in [0.1, 0.15) is 58.9 Å². The summed E-state index contributed by atoms with van der Waals surface area (Å²) in [5.41, 5.74) is 2.49. The molecular formula is C42H68N8O14. The highest BCUT2D eigenvalue weighted by Gasteiger charge is 2.36. The number of ether oxygens (including phenoxy) is 1. The highest BCUT2D eigenvalue weighted by Crippen LogP contribution is 2.27. The highest BCUT2D eigenvalue weighted by molar-refractivity contribution is 5.93. The standard InChI is InChI=1S/C26H41N5O6.C16H27N3O8/c1-17(2)14-21-20(25(34)31-36)6-4-13-37-19-9-7-18(8-10-19)15-22(30-24(21)33)26(35)29-16-23(32)28-12-5-11-27-3;1-12(20)7-17(3-5-18(8-13(2)21)9-14(22)23)4-6-19(10-15(24)25)11-16(26)27/h7-10,17,20-22,27,36H,4-6,11-16H2,1-3H3,(H,28,32)(H,29,35)(H,30,33)(H,31,34);3-11H2,1-2H3,(H,22,23)(H,24,25)(H,26,27)/t20-,21+,22?;/m0./s1. The van der Waals surface area contributed by atoms with Gasteiger partial charge in [0, 0.05) is 45.1 Å². The lowest BCUT2D eigenvalue weighted by atomic mass is 9.81. The summed E-state index contributed by atoms with van der Waals surface area (Å²) >= 11 is 0. The van der Waals surface area contributed by atoms with Gasteiger partial charge in [0.25, 0.3) is 0 Å². The first-order valence-corrected chi connectivity index (χ1v) is 21.2. The lowest BCUT2D eigenvalue weighted by Crippen LogP contribution is -2.53. The Morgan fingerprint density at radius 3 is 1.80 bits per heavy atom. The molecule has 0 saturated heterocycles. The largest absolute Gasteiger partial charge is 0.494 e. The van der Waals surface area contributed by atoms with E-state index in [-0.39, 0.29) is 82.2 Å². The summed E-state index contributed by atoms with van der Waals surface area (Å²) in [5, 5.41) is 47.1. The zero-order valence-electron chi connectivity index (χ0n) is 37.6. The molecule has 0 saturated carbocycles. The van der Waals surface area contributed by atoms with Gasteiger partial charge in [-0.3, -0.25) is 63.1 Å². The fourth-order valence-electron chi connectivity index (χ4n) is 6.81. The Morgan fingerprint density at radius 2 is 1.30 bits per heavy atom. The molecule has 1 aromatic carbocycles. The Bertz CT molecular complexity index is 1610. The summed E-state index contributed by atoms with van der Waals surface area (Å²) in [6.07, 6.45) is 2.15. The highest BCUT2D eigenvalue weighted by atomic mass is 16.5. The van der Waals surface area contributed by atoms with E-state index in [0.29, 0.717) is 38.2 Å². The first kappa shape index (κ1) is 56.5. The molecule has 4 amide bonds. The van der Waals surface area contributed by atoms with E-state index in [0.717, 1.165) is 18.5 Å². The molecule has 22 heteroatoms. The van der Waals surface area contributed by atoms with Crippen LogP contribution in [-0.2, 0) is 49.6 Å². The number of carbonyl (C=O) groups excluding carboxylic acids is 6. The Balaban J connectivity index is 0.000000675. The van der Waals surface area contributed by atoms with Gasteiger partial charge < -0.3 is 41.3 Å². The lowest BCUT2D eigenvalue weighted by Gasteiger charge is -2.28. The number of hydroxylamine groups is 1. The van der Waals surface area contributed by atoms with E-state index in [4.69, 9.17) is 20.1 Å². The van der Waals surface area contributed by atoms with Gasteiger partial charge in [0.15, 0.2) is 0 Å². The Kier molecular flexibility index (Phi) is 27.6. The number of carboxylic acids is 3. The Hall–Kier alpha value is -5.55. The molecule has 1 aromatic rings. The van der Waals surface area contributed by atoms with Crippen LogP contribution in [0.3, 0.4) is 0 Å². The van der Waals surface area contributed by atoms with Crippen molar-refractivity contribution in [2.45, 2.75) is 65.8 Å². The molecule has 2 aliphatic rings. The fourth-order valence-corrected chi connectivity index (χ4v) is 6.81. The minimum absolute atomic E-state index is 0.0373. The molecule has 0 spiro atoms. The van der Waals surface area contributed by atoms with Gasteiger partial charge in [0.05, 0.1) is 51.8 Å². The zero-order chi connectivity index (χ0) is 48.2. The third-order valence-electron chi connectivity index (χ3n) is 9.70. The molecule has 0 aliphatic carbocycles. The second kappa shape index (κ2) is 31.3. The molecule has 2 bridgehead atoms. The van der Waals surface area contributed by atoms with Crippen molar-refractivity contribution in [2.75, 3.05) is 92.2 Å². The predicted molar refractivity (Wildman–Crippen MR) is 231 cm³/mol. The number of nitrogens with one attached hydrogen (secondary N) is 5. The number of benzene rings is 1. The van der Waals surface area contributed by atoms with Crippen LogP contribution in [0, 0.1) is 17.8 Å². The van der Waals surface area contributed by atoms with E-state index >= 15 is 0 Å². The minimum atomic E-state index is -1.16. The van der Waals surface area contributed by atoms with Crippen LogP contribution < -0.4 is 31.5 Å². The summed E-state index contributed by atoms with van der Waals surface area (Å²) in [5.74, 6) is -6.48. The summed E-state index contributed by atoms with van der Waals surface area (Å²) in [6, 6.07) is 6.27. The third kappa shape index (κ3) is 25.5. The number of Topliss-reactive ketones (excluding diaryl/α,β-unsaturated/α-hetero) is 2. The summed E-state index contributed by atoms with van der Waals surface area (Å²) < 4.78 is 5.77. The number of carbonyl (C=O) groups is 9. The van der Waals surface area contributed by atoms with Crippen molar-refractivity contribution in [1.29, 1.82) is 0 Å². The Morgan fingerprint density at radius 1 is 0.766 bits per heavy atom. The zero-order valence-corrected chi connectivity index (χ0v) is 37.6. The van der Waals surface area contributed by atoms with E-state index in [2.05, 4.69) is 21.3 Å². The van der Waals surface area contributed by atoms with Crippen LogP contribution in [0.25, 0.3) is 0 Å². The molecule has 0 radical (unpaired) electrons. The maximum atomic E-state index is 13.5. The number of amides is 4. The van der Waals surface area contributed by atoms with E-state index < -0.39 is 66.6 Å². The van der Waals surface area contributed by atoms with E-state index in [1.165, 1.54) is 23.6 Å². The van der Waals surface area contributed by atoms with Crippen molar-refractivity contribution in [1.82, 2.24) is 41.4 Å². The third-order valence-corrected chi connectivity index (χ3v) is 9.70. The fraction of sp³-hybridized carbons (Fsp3) is 0.643. The normalized spacial score (nSPS) is 16.5. The first-order chi connectivity index (χ1) is 30.2. The monoisotopic (exact) mass is 908 g/mol. The number of hydrogen-bond donors (Lipinski definition) is 9. The first-order valence-electron chi connectivity index (χ1n) is 21.2. The molecule has 1 unspecified atom stereocenters. The summed E-state index contributed by atoms with van der Waals surface area (Å²) in [7, 11) is 1.83. The van der Waals surface area contributed by atoms with Crippen molar-refractivity contribution >= 4 is 53.1 Å². The van der Waals surface area contributed by atoms with Crippen molar-refractivity contribution in [2.24, 2.45) is 17.8 Å². The number of nitrogens with zero attached hydrogens (tertiary/aromatic N) is 3. The van der Waals surface area contributed by atoms with E-state index in [1.54, 1.807) is 22.5 Å². The molecule has 2 aliphatic heterocycles. The molecule has 64 heavy (non-hydrogen) atoms. The van der Waals surface area contributed by atoms with Crippen molar-refractivity contribution < 1.29 is 68.4 Å². The SMILES string of the molecule is CC(=O)CN(CCN(CC(C)=O)CC(=O)O)CCN(CC(=O)O)CC(=O)O.CNCCCNC(=O)CNC(=O)C1Cc2ccc(cc2)OCCC[C@H](C(=O)NO)[C@@H](CC(C)C)C(=O)N1. The van der Waals surface area contributed by atoms with Crippen LogP contribution >= 0.6 is 0 Å². The van der Waals surface area contributed by atoms with Crippen LogP contribution in [0.5, 0.6) is 5.75 Å². The van der Waals surface area contributed by atoms with Crippen LogP contribution in [0.2, 0.25) is 0 Å². The van der Waals surface area contributed by atoms with Gasteiger partial charge in [-0.15, -0.1) is 0 Å². The van der Waals surface area contributed by atoms with Crippen LogP contribution in [0.15, 0.2) is 24.3 Å². The number of fused-ring (bicyclic) bond motifs is 11. The molecule has 9 N–H and O–H groups in total. The molecule has 0 aromatic heterocycles. The number of carboxylic acid groups (broad SMARTS) is 3. The maximum absolute atomic E-state index is 13.5. The molecule has 360 valence electrons. The number of hydrogen-bond acceptors (Lipinski definition) is 15. The van der Waals surface area contributed by atoms with Gasteiger partial charge in [-0.25, -0.2) is 5.48 Å². The second-order valence-corrected chi connectivity index (χ2v) is 16.0. The quantitative estimate of drug-likeness (QED) is 0.0301. The van der Waals surface area contributed by atoms with Crippen LogP contribution in [-0.4, -0.2) is 187 Å². The van der Waals surface area contributed by atoms with E-state index in [9.17, 15) is 48.4 Å².